The number of alkyl halides is 2. The maximum atomic E-state index is 12.3. The number of carboxylic acid groups (broad SMARTS) is 1. The summed E-state index contributed by atoms with van der Waals surface area (Å²) in [5, 5.41) is 18.8. The summed E-state index contributed by atoms with van der Waals surface area (Å²) in [4.78, 5) is 32.1. The molecule has 86 valence electrons. The van der Waals surface area contributed by atoms with E-state index in [0.717, 1.165) is 0 Å². The summed E-state index contributed by atoms with van der Waals surface area (Å²) in [5.74, 6) is -1.73. The quantitative estimate of drug-likeness (QED) is 0.596. The second-order valence-electron chi connectivity index (χ2n) is 2.67. The molecule has 1 heterocycles. The van der Waals surface area contributed by atoms with Gasteiger partial charge in [-0.1, -0.05) is 0 Å². The first-order valence-electron chi connectivity index (χ1n) is 3.77. The average Bonchev–Trinajstić information content (AvgIpc) is 2.15. The molecule has 0 aliphatic carbocycles. The Hall–Kier alpha value is -2.32. The van der Waals surface area contributed by atoms with Crippen molar-refractivity contribution in [1.29, 1.82) is 0 Å². The molecule has 0 aliphatic rings. The van der Waals surface area contributed by atoms with Gasteiger partial charge < -0.3 is 10.1 Å². The van der Waals surface area contributed by atoms with E-state index >= 15 is 0 Å². The minimum atomic E-state index is -3.27. The molecular formula is C7H4F2N2O5. The van der Waals surface area contributed by atoms with E-state index in [9.17, 15) is 28.5 Å². The standard InChI is InChI=1S/C7H4F2N2O5/c8-5(9)4-3(11(15)16)1-2(7(13)14)6(12)10-4/h1,5H,(H,10,12)(H,13,14). The van der Waals surface area contributed by atoms with Crippen LogP contribution < -0.4 is 5.56 Å². The topological polar surface area (TPSA) is 113 Å². The van der Waals surface area contributed by atoms with Crippen LogP contribution in [0.5, 0.6) is 0 Å². The Bertz CT molecular complexity index is 510. The number of rotatable bonds is 3. The normalized spacial score (nSPS) is 10.4. The highest BCUT2D eigenvalue weighted by Crippen LogP contribution is 2.25. The van der Waals surface area contributed by atoms with Gasteiger partial charge in [0.25, 0.3) is 17.7 Å². The van der Waals surface area contributed by atoms with E-state index in [1.807, 2.05) is 0 Å². The van der Waals surface area contributed by atoms with Gasteiger partial charge in [-0.3, -0.25) is 14.9 Å². The van der Waals surface area contributed by atoms with E-state index < -0.39 is 39.8 Å². The van der Waals surface area contributed by atoms with Crippen LogP contribution in [-0.2, 0) is 0 Å². The number of nitro groups is 1. The lowest BCUT2D eigenvalue weighted by atomic mass is 10.2. The molecule has 0 amide bonds. The predicted molar refractivity (Wildman–Crippen MR) is 45.6 cm³/mol. The van der Waals surface area contributed by atoms with Gasteiger partial charge in [0, 0.05) is 6.07 Å². The van der Waals surface area contributed by atoms with E-state index in [1.54, 1.807) is 0 Å². The molecule has 0 aliphatic heterocycles. The van der Waals surface area contributed by atoms with Crippen LogP contribution in [0.3, 0.4) is 0 Å². The van der Waals surface area contributed by atoms with Gasteiger partial charge in [0.2, 0.25) is 0 Å². The second-order valence-corrected chi connectivity index (χ2v) is 2.67. The lowest BCUT2D eigenvalue weighted by Gasteiger charge is -2.02. The molecule has 1 aromatic rings. The smallest absolute Gasteiger partial charge is 0.341 e. The van der Waals surface area contributed by atoms with E-state index in [4.69, 9.17) is 5.11 Å². The van der Waals surface area contributed by atoms with E-state index in [-0.39, 0.29) is 0 Å². The molecule has 0 bridgehead atoms. The largest absolute Gasteiger partial charge is 0.477 e. The Labute approximate surface area is 85.5 Å². The van der Waals surface area contributed by atoms with Crippen LogP contribution in [0.25, 0.3) is 0 Å². The lowest BCUT2D eigenvalue weighted by molar-refractivity contribution is -0.386. The second kappa shape index (κ2) is 4.04. The summed E-state index contributed by atoms with van der Waals surface area (Å²) in [7, 11) is 0. The molecule has 0 aromatic carbocycles. The lowest BCUT2D eigenvalue weighted by Crippen LogP contribution is -2.20. The van der Waals surface area contributed by atoms with E-state index in [0.29, 0.717) is 6.07 Å². The molecular weight excluding hydrogens is 230 g/mol. The zero-order chi connectivity index (χ0) is 12.5. The summed E-state index contributed by atoms with van der Waals surface area (Å²) < 4.78 is 24.6. The van der Waals surface area contributed by atoms with Crippen molar-refractivity contribution in [3.05, 3.63) is 37.8 Å². The third-order valence-corrected chi connectivity index (χ3v) is 1.70. The van der Waals surface area contributed by atoms with Crippen molar-refractivity contribution in [3.8, 4) is 0 Å². The van der Waals surface area contributed by atoms with Gasteiger partial charge in [0.1, 0.15) is 5.56 Å². The van der Waals surface area contributed by atoms with Crippen LogP contribution in [0.15, 0.2) is 10.9 Å². The van der Waals surface area contributed by atoms with Crippen molar-refractivity contribution >= 4 is 11.7 Å². The Morgan fingerprint density at radius 1 is 1.56 bits per heavy atom. The monoisotopic (exact) mass is 234 g/mol. The number of nitrogens with one attached hydrogen (secondary N) is 1. The molecule has 1 aromatic heterocycles. The number of hydrogen-bond acceptors (Lipinski definition) is 4. The molecule has 0 atom stereocenters. The van der Waals surface area contributed by atoms with Crippen molar-refractivity contribution < 1.29 is 23.6 Å². The number of hydrogen-bond donors (Lipinski definition) is 2. The number of halogens is 2. The molecule has 16 heavy (non-hydrogen) atoms. The highest BCUT2D eigenvalue weighted by atomic mass is 19.3. The average molecular weight is 234 g/mol. The Morgan fingerprint density at radius 3 is 2.50 bits per heavy atom. The van der Waals surface area contributed by atoms with E-state index in [2.05, 4.69) is 0 Å². The molecule has 0 saturated carbocycles. The first-order valence-corrected chi connectivity index (χ1v) is 3.77. The number of aromatic carboxylic acids is 1. The first kappa shape index (κ1) is 11.8. The molecule has 7 nitrogen and oxygen atoms in total. The van der Waals surface area contributed by atoms with Gasteiger partial charge in [-0.2, -0.15) is 0 Å². The maximum Gasteiger partial charge on any atom is 0.341 e. The molecule has 2 N–H and O–H groups in total. The zero-order valence-corrected chi connectivity index (χ0v) is 7.44. The summed E-state index contributed by atoms with van der Waals surface area (Å²) in [6, 6.07) is 0.308. The fourth-order valence-electron chi connectivity index (χ4n) is 1.01. The Balaban J connectivity index is 3.56. The molecule has 9 heteroatoms. The third kappa shape index (κ3) is 2.02. The van der Waals surface area contributed by atoms with Crippen LogP contribution in [0, 0.1) is 10.1 Å². The van der Waals surface area contributed by atoms with Gasteiger partial charge in [-0.05, 0) is 0 Å². The summed E-state index contributed by atoms with van der Waals surface area (Å²) in [6.07, 6.45) is -3.27. The van der Waals surface area contributed by atoms with Gasteiger partial charge in [0.15, 0.2) is 5.69 Å². The maximum absolute atomic E-state index is 12.3. The molecule has 0 unspecified atom stereocenters. The highest BCUT2D eigenvalue weighted by Gasteiger charge is 2.26. The minimum Gasteiger partial charge on any atom is -0.477 e. The fourth-order valence-corrected chi connectivity index (χ4v) is 1.01. The van der Waals surface area contributed by atoms with Crippen molar-refractivity contribution in [3.63, 3.8) is 0 Å². The van der Waals surface area contributed by atoms with Crippen molar-refractivity contribution in [1.82, 2.24) is 4.98 Å². The van der Waals surface area contributed by atoms with Crippen LogP contribution in [0.4, 0.5) is 14.5 Å². The number of H-pyrrole nitrogens is 1. The zero-order valence-electron chi connectivity index (χ0n) is 7.44. The first-order chi connectivity index (χ1) is 7.34. The molecule has 0 fully saturated rings. The van der Waals surface area contributed by atoms with Gasteiger partial charge >= 0.3 is 5.97 Å². The summed E-state index contributed by atoms with van der Waals surface area (Å²) in [5.41, 5.74) is -4.61. The highest BCUT2D eigenvalue weighted by molar-refractivity contribution is 5.87. The van der Waals surface area contributed by atoms with Gasteiger partial charge in [-0.15, -0.1) is 0 Å². The number of aromatic amines is 1. The van der Waals surface area contributed by atoms with Crippen LogP contribution in [-0.4, -0.2) is 21.0 Å². The number of pyridine rings is 1. The molecule has 0 saturated heterocycles. The Morgan fingerprint density at radius 2 is 2.12 bits per heavy atom. The number of nitrogens with zero attached hydrogens (tertiary/aromatic N) is 1. The van der Waals surface area contributed by atoms with Crippen molar-refractivity contribution in [2.75, 3.05) is 0 Å². The molecule has 1 rings (SSSR count). The number of carbonyl (C=O) groups is 1. The van der Waals surface area contributed by atoms with Gasteiger partial charge in [-0.25, -0.2) is 13.6 Å². The van der Waals surface area contributed by atoms with E-state index in [1.165, 1.54) is 4.98 Å². The van der Waals surface area contributed by atoms with Gasteiger partial charge in [0.05, 0.1) is 4.92 Å². The molecule has 0 spiro atoms. The third-order valence-electron chi connectivity index (χ3n) is 1.70. The van der Waals surface area contributed by atoms with Crippen molar-refractivity contribution in [2.45, 2.75) is 6.43 Å². The van der Waals surface area contributed by atoms with Crippen LogP contribution >= 0.6 is 0 Å². The minimum absolute atomic E-state index is 0.308. The fraction of sp³-hybridized carbons (Fsp3) is 0.143. The SMILES string of the molecule is O=C(O)c1cc([N+](=O)[O-])c(C(F)F)[nH]c1=O. The summed E-state index contributed by atoms with van der Waals surface area (Å²) >= 11 is 0. The summed E-state index contributed by atoms with van der Waals surface area (Å²) in [6.45, 7) is 0. The van der Waals surface area contributed by atoms with Crippen LogP contribution in [0.1, 0.15) is 22.5 Å². The van der Waals surface area contributed by atoms with Crippen LogP contribution in [0.2, 0.25) is 0 Å². The predicted octanol–water partition coefficient (Wildman–Crippen LogP) is 0.919. The number of carboxylic acids is 1. The van der Waals surface area contributed by atoms with Crippen molar-refractivity contribution in [2.24, 2.45) is 0 Å². The molecule has 0 radical (unpaired) electrons. The Kier molecular flexibility index (Phi) is 2.97. The number of aromatic nitrogens is 1.